The van der Waals surface area contributed by atoms with E-state index in [1.165, 1.54) is 7.11 Å². The van der Waals surface area contributed by atoms with Gasteiger partial charge in [0.1, 0.15) is 6.04 Å². The first-order valence-corrected chi connectivity index (χ1v) is 5.56. The van der Waals surface area contributed by atoms with Crippen LogP contribution >= 0.6 is 0 Å². The number of nitrogens with two attached hydrogens (primary N) is 1. The summed E-state index contributed by atoms with van der Waals surface area (Å²) in [4.78, 5) is 23.1. The second-order valence-corrected chi connectivity index (χ2v) is 4.83. The van der Waals surface area contributed by atoms with Crippen LogP contribution in [0.2, 0.25) is 0 Å². The van der Waals surface area contributed by atoms with Crippen LogP contribution in [0.4, 0.5) is 0 Å². The van der Waals surface area contributed by atoms with Crippen LogP contribution in [-0.4, -0.2) is 30.6 Å². The first-order valence-electron chi connectivity index (χ1n) is 5.56. The first kappa shape index (κ1) is 13.0. The van der Waals surface area contributed by atoms with E-state index in [9.17, 15) is 9.59 Å². The predicted octanol–water partition coefficient (Wildman–Crippen LogP) is 0.182. The van der Waals surface area contributed by atoms with E-state index >= 15 is 0 Å². The Labute approximate surface area is 95.7 Å². The maximum atomic E-state index is 11.7. The third-order valence-corrected chi connectivity index (χ3v) is 2.74. The number of ether oxygens (including phenoxy) is 1. The fraction of sp³-hybridized carbons (Fsp3) is 0.818. The molecule has 3 N–H and O–H groups in total. The lowest BCUT2D eigenvalue weighted by molar-refractivity contribution is -0.145. The molecule has 0 aromatic rings. The van der Waals surface area contributed by atoms with E-state index in [2.05, 4.69) is 10.1 Å². The minimum absolute atomic E-state index is 0.247. The first-order chi connectivity index (χ1) is 7.39. The zero-order chi connectivity index (χ0) is 12.3. The molecule has 1 fully saturated rings. The Morgan fingerprint density at radius 3 is 2.38 bits per heavy atom. The molecule has 0 aromatic carbocycles. The van der Waals surface area contributed by atoms with Gasteiger partial charge >= 0.3 is 5.97 Å². The second kappa shape index (κ2) is 4.82. The normalized spacial score (nSPS) is 19.1. The van der Waals surface area contributed by atoms with Gasteiger partial charge in [0.05, 0.1) is 12.6 Å². The molecule has 0 heterocycles. The second-order valence-electron chi connectivity index (χ2n) is 4.83. The van der Waals surface area contributed by atoms with Crippen molar-refractivity contribution in [3.8, 4) is 0 Å². The van der Waals surface area contributed by atoms with Crippen LogP contribution in [0.3, 0.4) is 0 Å². The Balaban J connectivity index is 2.56. The molecule has 92 valence electrons. The number of rotatable bonds is 5. The summed E-state index contributed by atoms with van der Waals surface area (Å²) in [6.45, 7) is 3.97. The molecule has 5 heteroatoms. The summed E-state index contributed by atoms with van der Waals surface area (Å²) in [5.41, 5.74) is 5.00. The van der Waals surface area contributed by atoms with Crippen molar-refractivity contribution in [1.82, 2.24) is 5.32 Å². The number of hydrogen-bond acceptors (Lipinski definition) is 4. The van der Waals surface area contributed by atoms with Crippen LogP contribution in [0.5, 0.6) is 0 Å². The summed E-state index contributed by atoms with van der Waals surface area (Å²) in [5.74, 6) is -0.354. The predicted molar refractivity (Wildman–Crippen MR) is 59.6 cm³/mol. The van der Waals surface area contributed by atoms with Crippen LogP contribution in [0, 0.1) is 5.92 Å². The lowest BCUT2D eigenvalue weighted by Crippen LogP contribution is -2.50. The SMILES string of the molecule is COC(=O)C(CC(C)C)NC(=O)C1(N)CC1. The van der Waals surface area contributed by atoms with Gasteiger partial charge in [-0.2, -0.15) is 0 Å². The molecule has 1 atom stereocenters. The summed E-state index contributed by atoms with van der Waals surface area (Å²) in [5, 5.41) is 2.66. The summed E-state index contributed by atoms with van der Waals surface area (Å²) in [6, 6.07) is -0.585. The summed E-state index contributed by atoms with van der Waals surface area (Å²) < 4.78 is 4.65. The van der Waals surface area contributed by atoms with Gasteiger partial charge in [0.25, 0.3) is 0 Å². The molecule has 0 bridgehead atoms. The molecule has 1 aliphatic rings. The molecule has 0 spiro atoms. The highest BCUT2D eigenvalue weighted by Crippen LogP contribution is 2.32. The van der Waals surface area contributed by atoms with Gasteiger partial charge in [0, 0.05) is 0 Å². The molecule has 5 nitrogen and oxygen atoms in total. The van der Waals surface area contributed by atoms with Gasteiger partial charge in [0.15, 0.2) is 0 Å². The van der Waals surface area contributed by atoms with Crippen molar-refractivity contribution in [3.05, 3.63) is 0 Å². The lowest BCUT2D eigenvalue weighted by Gasteiger charge is -2.20. The number of carbonyl (C=O) groups is 2. The van der Waals surface area contributed by atoms with E-state index in [1.807, 2.05) is 13.8 Å². The van der Waals surface area contributed by atoms with Gasteiger partial charge in [-0.25, -0.2) is 4.79 Å². The molecular formula is C11H20N2O3. The Bertz CT molecular complexity index is 285. The number of nitrogens with one attached hydrogen (secondary N) is 1. The van der Waals surface area contributed by atoms with Crippen molar-refractivity contribution in [2.24, 2.45) is 11.7 Å². The van der Waals surface area contributed by atoms with E-state index in [-0.39, 0.29) is 5.91 Å². The summed E-state index contributed by atoms with van der Waals surface area (Å²) in [7, 11) is 1.32. The van der Waals surface area contributed by atoms with Gasteiger partial charge in [-0.05, 0) is 25.2 Å². The van der Waals surface area contributed by atoms with Crippen LogP contribution in [0.1, 0.15) is 33.1 Å². The van der Waals surface area contributed by atoms with Gasteiger partial charge < -0.3 is 15.8 Å². The van der Waals surface area contributed by atoms with Crippen molar-refractivity contribution < 1.29 is 14.3 Å². The number of carbonyl (C=O) groups excluding carboxylic acids is 2. The van der Waals surface area contributed by atoms with Crippen LogP contribution in [-0.2, 0) is 14.3 Å². The quantitative estimate of drug-likeness (QED) is 0.658. The van der Waals surface area contributed by atoms with E-state index < -0.39 is 17.6 Å². The smallest absolute Gasteiger partial charge is 0.328 e. The van der Waals surface area contributed by atoms with E-state index in [0.29, 0.717) is 25.2 Å². The Kier molecular flexibility index (Phi) is 3.91. The molecule has 1 rings (SSSR count). The fourth-order valence-electron chi connectivity index (χ4n) is 1.49. The summed E-state index contributed by atoms with van der Waals surface area (Å²) >= 11 is 0. The highest BCUT2D eigenvalue weighted by molar-refractivity contribution is 5.92. The van der Waals surface area contributed by atoms with Crippen molar-refractivity contribution in [1.29, 1.82) is 0 Å². The highest BCUT2D eigenvalue weighted by Gasteiger charge is 2.47. The number of esters is 1. The molecule has 1 aliphatic carbocycles. The van der Waals surface area contributed by atoms with Crippen LogP contribution in [0.25, 0.3) is 0 Å². The standard InChI is InChI=1S/C11H20N2O3/c1-7(2)6-8(9(14)16-3)13-10(15)11(12)4-5-11/h7-8H,4-6,12H2,1-3H3,(H,13,15). The van der Waals surface area contributed by atoms with E-state index in [4.69, 9.17) is 5.73 Å². The number of hydrogen-bond donors (Lipinski definition) is 2. The van der Waals surface area contributed by atoms with Gasteiger partial charge in [0.2, 0.25) is 5.91 Å². The molecule has 0 aliphatic heterocycles. The Morgan fingerprint density at radius 1 is 1.44 bits per heavy atom. The van der Waals surface area contributed by atoms with Crippen molar-refractivity contribution >= 4 is 11.9 Å². The molecule has 0 radical (unpaired) electrons. The topological polar surface area (TPSA) is 81.4 Å². The third kappa shape index (κ3) is 3.20. The lowest BCUT2D eigenvalue weighted by atomic mass is 10.0. The zero-order valence-corrected chi connectivity index (χ0v) is 10.1. The Morgan fingerprint density at radius 2 is 2.00 bits per heavy atom. The number of amides is 1. The molecule has 0 aromatic heterocycles. The van der Waals surface area contributed by atoms with Crippen molar-refractivity contribution in [3.63, 3.8) is 0 Å². The number of methoxy groups -OCH3 is 1. The average Bonchev–Trinajstić information content (AvgIpc) is 2.95. The monoisotopic (exact) mass is 228 g/mol. The maximum absolute atomic E-state index is 11.7. The van der Waals surface area contributed by atoms with E-state index in [0.717, 1.165) is 0 Å². The van der Waals surface area contributed by atoms with Gasteiger partial charge in [-0.1, -0.05) is 13.8 Å². The van der Waals surface area contributed by atoms with Crippen molar-refractivity contribution in [2.45, 2.75) is 44.7 Å². The largest absolute Gasteiger partial charge is 0.467 e. The van der Waals surface area contributed by atoms with E-state index in [1.54, 1.807) is 0 Å². The summed E-state index contributed by atoms with van der Waals surface area (Å²) in [6.07, 6.45) is 1.94. The van der Waals surface area contributed by atoms with Gasteiger partial charge in [-0.15, -0.1) is 0 Å². The zero-order valence-electron chi connectivity index (χ0n) is 10.1. The molecule has 1 unspecified atom stereocenters. The fourth-order valence-corrected chi connectivity index (χ4v) is 1.49. The van der Waals surface area contributed by atoms with Gasteiger partial charge in [-0.3, -0.25) is 4.79 Å². The molecular weight excluding hydrogens is 208 g/mol. The highest BCUT2D eigenvalue weighted by atomic mass is 16.5. The molecule has 16 heavy (non-hydrogen) atoms. The Hall–Kier alpha value is -1.10. The van der Waals surface area contributed by atoms with Crippen molar-refractivity contribution in [2.75, 3.05) is 7.11 Å². The molecule has 0 saturated heterocycles. The molecule has 1 amide bonds. The minimum Gasteiger partial charge on any atom is -0.467 e. The average molecular weight is 228 g/mol. The molecule has 1 saturated carbocycles. The maximum Gasteiger partial charge on any atom is 0.328 e. The minimum atomic E-state index is -0.747. The third-order valence-electron chi connectivity index (χ3n) is 2.74. The van der Waals surface area contributed by atoms with Crippen LogP contribution < -0.4 is 11.1 Å². The van der Waals surface area contributed by atoms with Crippen LogP contribution in [0.15, 0.2) is 0 Å².